The molecule has 3 fully saturated rings. The van der Waals surface area contributed by atoms with Crippen LogP contribution in [0.5, 0.6) is 0 Å². The van der Waals surface area contributed by atoms with E-state index in [4.69, 9.17) is 9.73 Å². The lowest BCUT2D eigenvalue weighted by atomic mass is 10.1. The van der Waals surface area contributed by atoms with Gasteiger partial charge in [-0.05, 0) is 77.3 Å². The Morgan fingerprint density at radius 3 is 2.55 bits per heavy atom. The van der Waals surface area contributed by atoms with Crippen molar-refractivity contribution < 1.29 is 9.53 Å². The average Bonchev–Trinajstić information content (AvgIpc) is 3.37. The number of piperidine rings is 1. The molecule has 7 heteroatoms. The van der Waals surface area contributed by atoms with Gasteiger partial charge in [0.2, 0.25) is 0 Å². The molecule has 0 aromatic carbocycles. The number of rotatable bonds is 8. The van der Waals surface area contributed by atoms with Gasteiger partial charge < -0.3 is 19.9 Å². The van der Waals surface area contributed by atoms with E-state index in [0.29, 0.717) is 13.0 Å². The van der Waals surface area contributed by atoms with Gasteiger partial charge in [0.25, 0.3) is 0 Å². The zero-order valence-electron chi connectivity index (χ0n) is 18.2. The van der Waals surface area contributed by atoms with Gasteiger partial charge in [0.15, 0.2) is 5.96 Å². The van der Waals surface area contributed by atoms with E-state index in [0.717, 1.165) is 50.8 Å². The van der Waals surface area contributed by atoms with Crippen molar-refractivity contribution in [2.24, 2.45) is 10.9 Å². The minimum atomic E-state index is -0.0464. The number of ether oxygens (including phenoxy) is 1. The van der Waals surface area contributed by atoms with Crippen LogP contribution >= 0.6 is 24.0 Å². The van der Waals surface area contributed by atoms with Crippen molar-refractivity contribution in [3.8, 4) is 0 Å². The summed E-state index contributed by atoms with van der Waals surface area (Å²) in [5.74, 6) is 1.73. The molecule has 2 aliphatic heterocycles. The van der Waals surface area contributed by atoms with E-state index >= 15 is 0 Å². The predicted octanol–water partition coefficient (Wildman–Crippen LogP) is 3.64. The largest absolute Gasteiger partial charge is 0.462 e. The average molecular weight is 521 g/mol. The standard InChI is InChI=1S/C22H40N4O2.HI/c1-2-23-22(24-13-8-11-21(27)28-20-9-4-5-10-20)26-16-12-19(18-26)17-25-14-6-3-7-15-25;/h19-20H,2-18H2,1H3,(H,23,24);1H. The number of likely N-dealkylation sites (tertiary alicyclic amines) is 2. The number of hydrogen-bond donors (Lipinski definition) is 1. The Morgan fingerprint density at radius 2 is 1.83 bits per heavy atom. The van der Waals surface area contributed by atoms with Crippen LogP contribution < -0.4 is 5.32 Å². The number of hydrogen-bond acceptors (Lipinski definition) is 4. The number of halogens is 1. The second-order valence-corrected chi connectivity index (χ2v) is 8.70. The molecule has 1 atom stereocenters. The Balaban J connectivity index is 0.00000300. The summed E-state index contributed by atoms with van der Waals surface area (Å²) in [4.78, 5) is 21.8. The van der Waals surface area contributed by atoms with Gasteiger partial charge in [0, 0.05) is 39.1 Å². The minimum Gasteiger partial charge on any atom is -0.462 e. The molecule has 2 heterocycles. The van der Waals surface area contributed by atoms with Crippen LogP contribution in [0.4, 0.5) is 0 Å². The maximum atomic E-state index is 12.0. The van der Waals surface area contributed by atoms with E-state index in [1.807, 2.05) is 0 Å². The van der Waals surface area contributed by atoms with Crippen molar-refractivity contribution in [3.05, 3.63) is 0 Å². The molecular weight excluding hydrogens is 479 g/mol. The van der Waals surface area contributed by atoms with Crippen molar-refractivity contribution in [1.29, 1.82) is 0 Å². The summed E-state index contributed by atoms with van der Waals surface area (Å²) in [7, 11) is 0. The minimum absolute atomic E-state index is 0. The topological polar surface area (TPSA) is 57.2 Å². The fraction of sp³-hybridized carbons (Fsp3) is 0.909. The lowest BCUT2D eigenvalue weighted by Gasteiger charge is -2.29. The summed E-state index contributed by atoms with van der Waals surface area (Å²) in [5, 5.41) is 3.44. The number of carbonyl (C=O) groups is 1. The van der Waals surface area contributed by atoms with Gasteiger partial charge in [-0.1, -0.05) is 6.42 Å². The van der Waals surface area contributed by atoms with Gasteiger partial charge >= 0.3 is 5.97 Å². The summed E-state index contributed by atoms with van der Waals surface area (Å²) < 4.78 is 5.53. The quantitative estimate of drug-likeness (QED) is 0.174. The molecular formula is C22H41IN4O2. The third-order valence-electron chi connectivity index (χ3n) is 6.29. The molecule has 6 nitrogen and oxygen atoms in total. The van der Waals surface area contributed by atoms with E-state index in [-0.39, 0.29) is 36.0 Å². The number of aliphatic imine (C=N–C) groups is 1. The molecule has 0 aromatic heterocycles. The van der Waals surface area contributed by atoms with E-state index < -0.39 is 0 Å². The van der Waals surface area contributed by atoms with Gasteiger partial charge in [-0.25, -0.2) is 0 Å². The third kappa shape index (κ3) is 8.59. The third-order valence-corrected chi connectivity index (χ3v) is 6.29. The summed E-state index contributed by atoms with van der Waals surface area (Å²) in [6, 6.07) is 0. The highest BCUT2D eigenvalue weighted by molar-refractivity contribution is 14.0. The fourth-order valence-electron chi connectivity index (χ4n) is 4.77. The van der Waals surface area contributed by atoms with Crippen molar-refractivity contribution in [2.45, 2.75) is 77.2 Å². The van der Waals surface area contributed by atoms with Crippen LogP contribution in [-0.4, -0.2) is 73.6 Å². The molecule has 0 bridgehead atoms. The number of guanidine groups is 1. The summed E-state index contributed by atoms with van der Waals surface area (Å²) in [5.41, 5.74) is 0. The Labute approximate surface area is 194 Å². The molecule has 1 unspecified atom stereocenters. The number of carbonyl (C=O) groups excluding carboxylic acids is 1. The summed E-state index contributed by atoms with van der Waals surface area (Å²) >= 11 is 0. The molecule has 3 rings (SSSR count). The highest BCUT2D eigenvalue weighted by Gasteiger charge is 2.27. The number of nitrogens with zero attached hydrogens (tertiary/aromatic N) is 3. The van der Waals surface area contributed by atoms with Crippen molar-refractivity contribution in [1.82, 2.24) is 15.1 Å². The lowest BCUT2D eigenvalue weighted by Crippen LogP contribution is -2.41. The highest BCUT2D eigenvalue weighted by Crippen LogP contribution is 2.22. The molecule has 2 saturated heterocycles. The predicted molar refractivity (Wildman–Crippen MR) is 129 cm³/mol. The highest BCUT2D eigenvalue weighted by atomic mass is 127. The van der Waals surface area contributed by atoms with Crippen LogP contribution in [0.1, 0.15) is 71.1 Å². The van der Waals surface area contributed by atoms with Crippen LogP contribution in [0, 0.1) is 5.92 Å². The molecule has 1 N–H and O–H groups in total. The summed E-state index contributed by atoms with van der Waals surface area (Å²) in [6.07, 6.45) is 11.3. The molecule has 1 saturated carbocycles. The first kappa shape index (κ1) is 24.7. The van der Waals surface area contributed by atoms with Crippen molar-refractivity contribution in [2.75, 3.05) is 45.8 Å². The first-order valence-corrected chi connectivity index (χ1v) is 11.7. The van der Waals surface area contributed by atoms with E-state index in [2.05, 4.69) is 22.0 Å². The Hall–Kier alpha value is -0.570. The molecule has 0 radical (unpaired) electrons. The van der Waals surface area contributed by atoms with Crippen LogP contribution in [0.3, 0.4) is 0 Å². The molecule has 3 aliphatic rings. The first-order valence-electron chi connectivity index (χ1n) is 11.7. The molecule has 168 valence electrons. The molecule has 29 heavy (non-hydrogen) atoms. The summed E-state index contributed by atoms with van der Waals surface area (Å²) in [6.45, 7) is 9.69. The zero-order valence-corrected chi connectivity index (χ0v) is 20.6. The number of esters is 1. The Morgan fingerprint density at radius 1 is 1.07 bits per heavy atom. The van der Waals surface area contributed by atoms with Crippen molar-refractivity contribution >= 4 is 35.9 Å². The van der Waals surface area contributed by atoms with Crippen LogP contribution in [0.15, 0.2) is 4.99 Å². The van der Waals surface area contributed by atoms with Crippen LogP contribution in [0.2, 0.25) is 0 Å². The van der Waals surface area contributed by atoms with Gasteiger partial charge in [0.05, 0.1) is 0 Å². The maximum Gasteiger partial charge on any atom is 0.306 e. The van der Waals surface area contributed by atoms with Crippen LogP contribution in [-0.2, 0) is 9.53 Å². The molecule has 0 spiro atoms. The molecule has 0 aromatic rings. The normalized spacial score (nSPS) is 23.8. The second kappa shape index (κ2) is 13.7. The van der Waals surface area contributed by atoms with E-state index in [9.17, 15) is 4.79 Å². The molecule has 0 amide bonds. The SMILES string of the molecule is CCNC(=NCCCC(=O)OC1CCCC1)N1CCC(CN2CCCCC2)C1.I. The van der Waals surface area contributed by atoms with Crippen LogP contribution in [0.25, 0.3) is 0 Å². The van der Waals surface area contributed by atoms with E-state index in [1.54, 1.807) is 0 Å². The Bertz CT molecular complexity index is 505. The van der Waals surface area contributed by atoms with Gasteiger partial charge in [-0.2, -0.15) is 0 Å². The van der Waals surface area contributed by atoms with Gasteiger partial charge in [-0.3, -0.25) is 9.79 Å². The Kier molecular flexibility index (Phi) is 11.6. The zero-order chi connectivity index (χ0) is 19.6. The monoisotopic (exact) mass is 520 g/mol. The van der Waals surface area contributed by atoms with Gasteiger partial charge in [0.1, 0.15) is 6.10 Å². The second-order valence-electron chi connectivity index (χ2n) is 8.70. The number of nitrogens with one attached hydrogen (secondary N) is 1. The lowest BCUT2D eigenvalue weighted by molar-refractivity contribution is -0.148. The maximum absolute atomic E-state index is 12.0. The van der Waals surface area contributed by atoms with Gasteiger partial charge in [-0.15, -0.1) is 24.0 Å². The first-order chi connectivity index (χ1) is 13.7. The van der Waals surface area contributed by atoms with E-state index in [1.165, 1.54) is 58.2 Å². The fourth-order valence-corrected chi connectivity index (χ4v) is 4.77. The van der Waals surface area contributed by atoms with Crippen molar-refractivity contribution in [3.63, 3.8) is 0 Å². The molecule has 1 aliphatic carbocycles. The smallest absolute Gasteiger partial charge is 0.306 e.